The van der Waals surface area contributed by atoms with Crippen LogP contribution in [0.5, 0.6) is 0 Å². The van der Waals surface area contributed by atoms with E-state index >= 15 is 0 Å². The van der Waals surface area contributed by atoms with Crippen molar-refractivity contribution < 1.29 is 4.74 Å². The van der Waals surface area contributed by atoms with E-state index in [1.165, 1.54) is 0 Å². The first kappa shape index (κ1) is 23.6. The summed E-state index contributed by atoms with van der Waals surface area (Å²) in [7, 11) is 0.362. The molecular formula is C26H27N6OS+. The van der Waals surface area contributed by atoms with Gasteiger partial charge in [0.1, 0.15) is 24.5 Å². The highest BCUT2D eigenvalue weighted by Crippen LogP contribution is 2.30. The predicted octanol–water partition coefficient (Wildman–Crippen LogP) is 3.94. The van der Waals surface area contributed by atoms with Crippen molar-refractivity contribution in [2.24, 2.45) is 0 Å². The van der Waals surface area contributed by atoms with Crippen LogP contribution in [0.1, 0.15) is 29.2 Å². The maximum absolute atomic E-state index is 9.44. The van der Waals surface area contributed by atoms with Crippen molar-refractivity contribution in [2.75, 3.05) is 24.9 Å². The predicted molar refractivity (Wildman–Crippen MR) is 136 cm³/mol. The Kier molecular flexibility index (Phi) is 7.32. The van der Waals surface area contributed by atoms with Gasteiger partial charge in [-0.25, -0.2) is 9.97 Å². The first-order valence-corrected chi connectivity index (χ1v) is 13.1. The van der Waals surface area contributed by atoms with E-state index in [0.29, 0.717) is 29.6 Å². The summed E-state index contributed by atoms with van der Waals surface area (Å²) in [5, 5.41) is 15.0. The van der Waals surface area contributed by atoms with Crippen LogP contribution in [0, 0.1) is 30.6 Å². The molecule has 4 aromatic rings. The highest BCUT2D eigenvalue weighted by Gasteiger charge is 2.19. The van der Waals surface area contributed by atoms with Gasteiger partial charge in [0, 0.05) is 29.8 Å². The molecule has 3 heterocycles. The van der Waals surface area contributed by atoms with Crippen LogP contribution in [0.4, 0.5) is 0 Å². The average Bonchev–Trinajstić information content (AvgIpc) is 3.48. The molecule has 34 heavy (non-hydrogen) atoms. The molecule has 0 aliphatic heterocycles. The highest BCUT2D eigenvalue weighted by molar-refractivity contribution is 7.95. The zero-order valence-electron chi connectivity index (χ0n) is 19.6. The topological polar surface area (TPSA) is 81.5 Å². The molecule has 0 aliphatic carbocycles. The summed E-state index contributed by atoms with van der Waals surface area (Å²) in [4.78, 5) is 9.03. The van der Waals surface area contributed by atoms with Gasteiger partial charge in [-0.15, -0.1) is 12.3 Å². The second-order valence-electron chi connectivity index (χ2n) is 8.24. The number of hydrogen-bond acceptors (Lipinski definition) is 5. The van der Waals surface area contributed by atoms with Crippen LogP contribution in [0.3, 0.4) is 0 Å². The zero-order valence-corrected chi connectivity index (χ0v) is 20.4. The van der Waals surface area contributed by atoms with E-state index in [4.69, 9.17) is 11.2 Å². The summed E-state index contributed by atoms with van der Waals surface area (Å²) in [6.07, 6.45) is 17.9. The maximum Gasteiger partial charge on any atom is 0.145 e. The van der Waals surface area contributed by atoms with E-state index < -0.39 is 0 Å². The Morgan fingerprint density at radius 3 is 2.85 bits per heavy atom. The van der Waals surface area contributed by atoms with Gasteiger partial charge >= 0.3 is 0 Å². The Balaban J connectivity index is 1.64. The molecule has 0 aliphatic rings. The zero-order chi connectivity index (χ0) is 24.1. The molecule has 0 radical (unpaired) electrons. The van der Waals surface area contributed by atoms with Crippen LogP contribution < -0.4 is 0 Å². The molecule has 1 aromatic carbocycles. The van der Waals surface area contributed by atoms with E-state index in [9.17, 15) is 5.26 Å². The summed E-state index contributed by atoms with van der Waals surface area (Å²) in [5.74, 6) is 3.81. The molecule has 0 N–H and O–H groups in total. The molecule has 0 saturated carbocycles. The van der Waals surface area contributed by atoms with Crippen molar-refractivity contribution in [3.05, 3.63) is 65.9 Å². The van der Waals surface area contributed by atoms with Gasteiger partial charge in [0.2, 0.25) is 0 Å². The molecule has 4 rings (SSSR count). The number of terminal acetylenes is 1. The smallest absolute Gasteiger partial charge is 0.145 e. The fraction of sp³-hybridized carbons (Fsp3) is 0.308. The number of nitrogens with zero attached hydrogens (tertiary/aromatic N) is 6. The minimum absolute atomic E-state index is 0.177. The number of benzene rings is 1. The lowest BCUT2D eigenvalue weighted by Gasteiger charge is -2.18. The third-order valence-corrected chi connectivity index (χ3v) is 6.77. The summed E-state index contributed by atoms with van der Waals surface area (Å²) in [5.41, 5.74) is 5.06. The maximum atomic E-state index is 9.44. The lowest BCUT2D eigenvalue weighted by atomic mass is 9.95. The number of rotatable bonds is 9. The largest absolute Gasteiger partial charge is 0.356 e. The Bertz CT molecular complexity index is 1370. The Labute approximate surface area is 202 Å². The fourth-order valence-electron chi connectivity index (χ4n) is 3.95. The van der Waals surface area contributed by atoms with E-state index in [2.05, 4.69) is 39.6 Å². The number of hydrogen-bond donors (Lipinski definition) is 0. The highest BCUT2D eigenvalue weighted by atomic mass is 32.2. The van der Waals surface area contributed by atoms with Gasteiger partial charge in [0.25, 0.3) is 0 Å². The lowest BCUT2D eigenvalue weighted by molar-refractivity contribution is 0.0924. The third-order valence-electron chi connectivity index (χ3n) is 5.78. The van der Waals surface area contributed by atoms with Gasteiger partial charge in [0.15, 0.2) is 0 Å². The Hall–Kier alpha value is -3.59. The van der Waals surface area contributed by atoms with Crippen molar-refractivity contribution in [3.63, 3.8) is 0 Å². The van der Waals surface area contributed by atoms with Crippen molar-refractivity contribution in [1.29, 1.82) is 5.26 Å². The molecule has 0 spiro atoms. The molecule has 1 unspecified atom stereocenters. The Morgan fingerprint density at radius 2 is 2.09 bits per heavy atom. The first-order valence-electron chi connectivity index (χ1n) is 10.9. The molecule has 0 amide bonds. The van der Waals surface area contributed by atoms with E-state index in [1.807, 2.05) is 52.8 Å². The second-order valence-corrected chi connectivity index (χ2v) is 10.6. The average molecular weight is 472 g/mol. The summed E-state index contributed by atoms with van der Waals surface area (Å²) in [6, 6.07) is 9.78. The van der Waals surface area contributed by atoms with Crippen molar-refractivity contribution in [1.82, 2.24) is 24.3 Å². The van der Waals surface area contributed by atoms with Crippen molar-refractivity contribution in [3.8, 4) is 29.7 Å². The molecule has 172 valence electrons. The number of aromatic nitrogens is 5. The molecule has 0 bridgehead atoms. The van der Waals surface area contributed by atoms with Crippen LogP contribution in [0.15, 0.2) is 49.2 Å². The molecule has 3 aromatic heterocycles. The van der Waals surface area contributed by atoms with Gasteiger partial charge < -0.3 is 9.30 Å². The standard InChI is InChI=1S/C26H27N6OS/c1-5-7-24(22-9-6-8-20(14-27)19(22)2)32-16-21(15-30-32)25-23-10-11-31(26(23)29-17-28-25)18-33-12-13-34(3)4/h1,6,8-11,15-17,24H,7,12-13,18H2,2-4H3/q+1. The van der Waals surface area contributed by atoms with Crippen LogP contribution >= 0.6 is 0 Å². The number of nitriles is 1. The van der Waals surface area contributed by atoms with E-state index in [0.717, 1.165) is 45.8 Å². The monoisotopic (exact) mass is 471 g/mol. The van der Waals surface area contributed by atoms with Gasteiger partial charge in [-0.2, -0.15) is 10.4 Å². The van der Waals surface area contributed by atoms with E-state index in [-0.39, 0.29) is 6.04 Å². The number of ether oxygens (including phenoxy) is 1. The van der Waals surface area contributed by atoms with Crippen LogP contribution in [0.25, 0.3) is 22.3 Å². The minimum atomic E-state index is -0.177. The fourth-order valence-corrected chi connectivity index (χ4v) is 4.40. The van der Waals surface area contributed by atoms with Crippen molar-refractivity contribution in [2.45, 2.75) is 26.1 Å². The molecular weight excluding hydrogens is 444 g/mol. The van der Waals surface area contributed by atoms with Crippen molar-refractivity contribution >= 4 is 21.9 Å². The lowest BCUT2D eigenvalue weighted by Crippen LogP contribution is -2.12. The van der Waals surface area contributed by atoms with Gasteiger partial charge in [-0.1, -0.05) is 12.1 Å². The molecule has 7 nitrogen and oxygen atoms in total. The van der Waals surface area contributed by atoms with Crippen LogP contribution in [-0.4, -0.2) is 49.2 Å². The molecule has 8 heteroatoms. The Morgan fingerprint density at radius 1 is 1.24 bits per heavy atom. The summed E-state index contributed by atoms with van der Waals surface area (Å²) < 4.78 is 9.69. The van der Waals surface area contributed by atoms with Gasteiger partial charge in [0.05, 0.1) is 48.7 Å². The molecule has 0 fully saturated rings. The minimum Gasteiger partial charge on any atom is -0.356 e. The van der Waals surface area contributed by atoms with Gasteiger partial charge in [-0.05, 0) is 41.1 Å². The van der Waals surface area contributed by atoms with E-state index in [1.54, 1.807) is 12.5 Å². The SMILES string of the molecule is C#CCC(c1cccc(C#N)c1C)n1cc(-c2ncnc3c2ccn3COCC[S+](C)C)cn1. The third kappa shape index (κ3) is 4.84. The quantitative estimate of drug-likeness (QED) is 0.210. The second kappa shape index (κ2) is 10.6. The first-order chi connectivity index (χ1) is 16.5. The normalized spacial score (nSPS) is 12.1. The molecule has 0 saturated heterocycles. The van der Waals surface area contributed by atoms with Gasteiger partial charge in [-0.3, -0.25) is 4.68 Å². The summed E-state index contributed by atoms with van der Waals surface area (Å²) >= 11 is 0. The molecule has 1 atom stereocenters. The number of fused-ring (bicyclic) bond motifs is 1. The van der Waals surface area contributed by atoms with Crippen LogP contribution in [-0.2, 0) is 22.4 Å². The summed E-state index contributed by atoms with van der Waals surface area (Å²) in [6.45, 7) is 3.13. The van der Waals surface area contributed by atoms with Crippen LogP contribution in [0.2, 0.25) is 0 Å².